The van der Waals surface area contributed by atoms with Crippen LogP contribution in [0.15, 0.2) is 30.4 Å². The minimum atomic E-state index is -4.10. The number of sulfonamides is 1. The van der Waals surface area contributed by atoms with E-state index in [0.717, 1.165) is 13.8 Å². The van der Waals surface area contributed by atoms with Crippen molar-refractivity contribution in [3.8, 4) is 17.4 Å². The van der Waals surface area contributed by atoms with Gasteiger partial charge in [-0.05, 0) is 77.2 Å². The van der Waals surface area contributed by atoms with Crippen LogP contribution in [-0.4, -0.2) is 103 Å². The summed E-state index contributed by atoms with van der Waals surface area (Å²) in [7, 11) is -1.42. The summed E-state index contributed by atoms with van der Waals surface area (Å²) >= 11 is 0. The first-order valence-electron chi connectivity index (χ1n) is 20.6. The molecule has 19 heteroatoms. The number of aromatic nitrogens is 1. The van der Waals surface area contributed by atoms with Gasteiger partial charge in [0.15, 0.2) is 17.2 Å². The van der Waals surface area contributed by atoms with E-state index in [4.69, 9.17) is 18.9 Å². The van der Waals surface area contributed by atoms with Crippen molar-refractivity contribution in [1.29, 1.82) is 0 Å². The highest BCUT2D eigenvalue weighted by molar-refractivity contribution is 7.91. The molecule has 3 N–H and O–H groups in total. The van der Waals surface area contributed by atoms with Gasteiger partial charge in [0.2, 0.25) is 27.7 Å². The maximum atomic E-state index is 15.1. The summed E-state index contributed by atoms with van der Waals surface area (Å²) in [5.41, 5.74) is -3.66. The molecule has 7 atom stereocenters. The van der Waals surface area contributed by atoms with E-state index >= 15 is 9.18 Å². The van der Waals surface area contributed by atoms with Crippen LogP contribution in [0, 0.1) is 23.6 Å². The van der Waals surface area contributed by atoms with Gasteiger partial charge in [0, 0.05) is 36.8 Å². The number of nitrogens with one attached hydrogen (secondary N) is 3. The van der Waals surface area contributed by atoms with Crippen LogP contribution in [-0.2, 0) is 29.1 Å². The van der Waals surface area contributed by atoms with Crippen LogP contribution in [0.5, 0.6) is 17.4 Å². The summed E-state index contributed by atoms with van der Waals surface area (Å²) < 4.78 is 93.8. The molecule has 2 saturated carbocycles. The van der Waals surface area contributed by atoms with Crippen LogP contribution in [0.25, 0.3) is 10.9 Å². The minimum Gasteiger partial charge on any atom is -0.494 e. The molecular weight excluding hydrogens is 824 g/mol. The highest BCUT2D eigenvalue weighted by atomic mass is 32.2. The van der Waals surface area contributed by atoms with Crippen molar-refractivity contribution in [2.45, 2.75) is 133 Å². The molecule has 336 valence electrons. The zero-order valence-corrected chi connectivity index (χ0v) is 36.6. The summed E-state index contributed by atoms with van der Waals surface area (Å²) in [6, 6.07) is 1.24. The molecule has 0 radical (unpaired) electrons. The minimum absolute atomic E-state index is 0.0138. The summed E-state index contributed by atoms with van der Waals surface area (Å²) in [5, 5.41) is 5.60. The molecule has 1 aromatic carbocycles. The maximum Gasteiger partial charge on any atom is 0.408 e. The van der Waals surface area contributed by atoms with E-state index in [9.17, 15) is 31.6 Å². The number of fused-ring (bicyclic) bond motifs is 3. The molecule has 61 heavy (non-hydrogen) atoms. The first-order chi connectivity index (χ1) is 28.5. The zero-order chi connectivity index (χ0) is 44.9. The Bertz CT molecular complexity index is 2200. The molecule has 4 aliphatic rings. The van der Waals surface area contributed by atoms with Crippen LogP contribution < -0.4 is 29.6 Å². The van der Waals surface area contributed by atoms with Crippen molar-refractivity contribution < 1.29 is 59.7 Å². The fourth-order valence-corrected chi connectivity index (χ4v) is 9.32. The van der Waals surface area contributed by atoms with E-state index in [1.165, 1.54) is 44.2 Å². The van der Waals surface area contributed by atoms with Gasteiger partial charge in [-0.25, -0.2) is 31.4 Å². The number of halogens is 3. The maximum absolute atomic E-state index is 15.1. The zero-order valence-electron chi connectivity index (χ0n) is 35.7. The van der Waals surface area contributed by atoms with Gasteiger partial charge in [-0.1, -0.05) is 32.4 Å². The van der Waals surface area contributed by atoms with Gasteiger partial charge >= 0.3 is 6.09 Å². The molecule has 15 nitrogen and oxygen atoms in total. The van der Waals surface area contributed by atoms with Crippen molar-refractivity contribution in [3.63, 3.8) is 0 Å². The number of allylic oxidation sites excluding steroid dienone is 1. The van der Waals surface area contributed by atoms with Crippen molar-refractivity contribution in [2.24, 2.45) is 17.8 Å². The lowest BCUT2D eigenvalue weighted by molar-refractivity contribution is -0.152. The number of hydrogen-bond donors (Lipinski definition) is 3. The average Bonchev–Trinajstić information content (AvgIpc) is 4.06. The Kier molecular flexibility index (Phi) is 12.6. The number of methoxy groups -OCH3 is 2. The molecular formula is C42H56F3N5O10S. The van der Waals surface area contributed by atoms with Gasteiger partial charge in [-0.3, -0.25) is 19.1 Å². The third-order valence-corrected chi connectivity index (χ3v) is 15.0. The Morgan fingerprint density at radius 1 is 1.07 bits per heavy atom. The second-order valence-corrected chi connectivity index (χ2v) is 19.9. The van der Waals surface area contributed by atoms with Gasteiger partial charge < -0.3 is 34.5 Å². The van der Waals surface area contributed by atoms with E-state index < -0.39 is 91.5 Å². The fraction of sp³-hybridized carbons (Fsp3) is 0.643. The topological polar surface area (TPSA) is 192 Å². The highest BCUT2D eigenvalue weighted by Gasteiger charge is 2.63. The predicted octanol–water partition coefficient (Wildman–Crippen LogP) is 5.54. The Morgan fingerprint density at radius 3 is 2.39 bits per heavy atom. The van der Waals surface area contributed by atoms with Gasteiger partial charge in [0.25, 0.3) is 11.8 Å². The van der Waals surface area contributed by atoms with Crippen molar-refractivity contribution in [2.75, 3.05) is 20.8 Å². The van der Waals surface area contributed by atoms with E-state index in [-0.39, 0.29) is 53.6 Å². The summed E-state index contributed by atoms with van der Waals surface area (Å²) in [6.07, 6.45) is 4.09. The first kappa shape index (κ1) is 45.7. The number of alkyl halides is 2. The monoisotopic (exact) mass is 879 g/mol. The fourth-order valence-electron chi connectivity index (χ4n) is 8.00. The summed E-state index contributed by atoms with van der Waals surface area (Å²) in [6.45, 7) is 7.79. The number of carbonyl (C=O) groups is 4. The van der Waals surface area contributed by atoms with Crippen LogP contribution in [0.1, 0.15) is 92.9 Å². The second-order valence-electron chi connectivity index (χ2n) is 17.7. The summed E-state index contributed by atoms with van der Waals surface area (Å²) in [5.74, 6) is -7.59. The first-order valence-corrected chi connectivity index (χ1v) is 22.1. The lowest BCUT2D eigenvalue weighted by atomic mass is 9.85. The molecule has 4 amide bonds. The molecule has 0 bridgehead atoms. The Morgan fingerprint density at radius 2 is 1.77 bits per heavy atom. The van der Waals surface area contributed by atoms with Gasteiger partial charge in [0.05, 0.1) is 31.0 Å². The van der Waals surface area contributed by atoms with Gasteiger partial charge in [-0.15, -0.1) is 0 Å². The molecule has 3 fully saturated rings. The van der Waals surface area contributed by atoms with E-state index in [1.807, 2.05) is 19.9 Å². The van der Waals surface area contributed by atoms with Crippen LogP contribution in [0.3, 0.4) is 0 Å². The number of nitrogens with zero attached hydrogens (tertiary/aromatic N) is 2. The normalized spacial score (nSPS) is 28.0. The standard InChI is InChI=1S/C42H56F3N5O10S/c1-9-24-16-23(2)12-10-11-13-25-21-42(25,37(53)49-61(55,56)40(5)14-15-40)48-35(51)30-17-26(22-50(30)36(52)34(24)47-38(54)60-39(3,4)41(6,44)45)59-31-20-33(58-8)46-29-19-32(57-7)28(43)18-27(29)31/h11,13,18-20,23-26,30,34H,9-10,12,14-17,21-22H2,1-8H3,(H,47,54)(H,48,51)(H,49,53). The van der Waals surface area contributed by atoms with Crippen LogP contribution in [0.4, 0.5) is 18.0 Å². The molecule has 2 aliphatic carbocycles. The largest absolute Gasteiger partial charge is 0.494 e. The van der Waals surface area contributed by atoms with E-state index in [0.29, 0.717) is 45.4 Å². The van der Waals surface area contributed by atoms with Crippen molar-refractivity contribution >= 4 is 44.7 Å². The van der Waals surface area contributed by atoms with Crippen molar-refractivity contribution in [1.82, 2.24) is 25.2 Å². The number of rotatable bonds is 11. The Balaban J connectivity index is 1.40. The van der Waals surface area contributed by atoms with Gasteiger partial charge in [0.1, 0.15) is 29.5 Å². The SMILES string of the molecule is CCC1CC(C)CCC=CC2CC2(C(=O)NS(=O)(=O)C2(C)CC2)NC(=O)C2CC(Oc3cc(OC)nc4cc(OC)c(F)cc34)CN2C(=O)C1NC(=O)OC(C)(C)C(C)(F)F. The number of alkyl carbamates (subject to hydrolysis) is 1. The molecule has 3 heterocycles. The highest BCUT2D eigenvalue weighted by Crippen LogP contribution is 2.48. The summed E-state index contributed by atoms with van der Waals surface area (Å²) in [4.78, 5) is 62.7. The number of benzene rings is 1. The second kappa shape index (κ2) is 16.8. The Labute approximate surface area is 353 Å². The number of carbonyl (C=O) groups excluding carboxylic acids is 4. The third kappa shape index (κ3) is 9.36. The van der Waals surface area contributed by atoms with Crippen LogP contribution in [0.2, 0.25) is 0 Å². The number of amides is 4. The van der Waals surface area contributed by atoms with Crippen molar-refractivity contribution in [3.05, 3.63) is 36.2 Å². The number of pyridine rings is 1. The van der Waals surface area contributed by atoms with E-state index in [1.54, 1.807) is 6.08 Å². The number of ether oxygens (including phenoxy) is 4. The molecule has 1 aromatic heterocycles. The lowest BCUT2D eigenvalue weighted by Gasteiger charge is -2.35. The average molecular weight is 880 g/mol. The van der Waals surface area contributed by atoms with Crippen LogP contribution >= 0.6 is 0 Å². The predicted molar refractivity (Wildman–Crippen MR) is 217 cm³/mol. The van der Waals surface area contributed by atoms with E-state index in [2.05, 4.69) is 20.3 Å². The van der Waals surface area contributed by atoms with Gasteiger partial charge in [-0.2, -0.15) is 0 Å². The third-order valence-electron chi connectivity index (χ3n) is 12.8. The molecule has 2 aromatic rings. The molecule has 7 unspecified atom stereocenters. The molecule has 0 spiro atoms. The molecule has 1 saturated heterocycles. The Hall–Kier alpha value is -4.81. The molecule has 2 aliphatic heterocycles. The smallest absolute Gasteiger partial charge is 0.408 e. The number of hydrogen-bond acceptors (Lipinski definition) is 11. The quantitative estimate of drug-likeness (QED) is 0.240. The molecule has 6 rings (SSSR count). The lowest BCUT2D eigenvalue weighted by Crippen LogP contribution is -2.60.